The molecule has 0 radical (unpaired) electrons. The van der Waals surface area contributed by atoms with E-state index in [1.54, 1.807) is 0 Å². The highest BCUT2D eigenvalue weighted by Gasteiger charge is 2.31. The second kappa shape index (κ2) is 4.45. The molecule has 0 aromatic heterocycles. The molecule has 0 heterocycles. The van der Waals surface area contributed by atoms with Gasteiger partial charge in [-0.2, -0.15) is 0 Å². The van der Waals surface area contributed by atoms with E-state index in [2.05, 4.69) is 20.8 Å². The first-order valence-electron chi connectivity index (χ1n) is 6.67. The van der Waals surface area contributed by atoms with E-state index in [9.17, 15) is 0 Å². The Morgan fingerprint density at radius 2 is 1.53 bits per heavy atom. The Bertz CT molecular complexity index is 192. The van der Waals surface area contributed by atoms with Crippen LogP contribution in [0.5, 0.6) is 0 Å². The highest BCUT2D eigenvalue weighted by Crippen LogP contribution is 2.39. The van der Waals surface area contributed by atoms with Crippen LogP contribution in [0.2, 0.25) is 0 Å². The molecule has 1 heteroatoms. The van der Waals surface area contributed by atoms with E-state index in [-0.39, 0.29) is 0 Å². The van der Waals surface area contributed by atoms with Gasteiger partial charge >= 0.3 is 0 Å². The van der Waals surface area contributed by atoms with Gasteiger partial charge in [0.1, 0.15) is 0 Å². The maximum atomic E-state index is 5.97. The lowest BCUT2D eigenvalue weighted by molar-refractivity contribution is -0.00102. The molecular formula is C14H26O. The minimum Gasteiger partial charge on any atom is -0.378 e. The molecule has 0 unspecified atom stereocenters. The van der Waals surface area contributed by atoms with Gasteiger partial charge < -0.3 is 4.74 Å². The molecular weight excluding hydrogens is 184 g/mol. The largest absolute Gasteiger partial charge is 0.378 e. The van der Waals surface area contributed by atoms with Crippen molar-refractivity contribution in [3.8, 4) is 0 Å². The Labute approximate surface area is 94.6 Å². The van der Waals surface area contributed by atoms with Gasteiger partial charge in [-0.25, -0.2) is 0 Å². The summed E-state index contributed by atoms with van der Waals surface area (Å²) in [7, 11) is 0. The summed E-state index contributed by atoms with van der Waals surface area (Å²) >= 11 is 0. The van der Waals surface area contributed by atoms with Crippen molar-refractivity contribution in [2.75, 3.05) is 6.61 Å². The van der Waals surface area contributed by atoms with Gasteiger partial charge in [0.15, 0.2) is 0 Å². The van der Waals surface area contributed by atoms with Crippen LogP contribution in [0.25, 0.3) is 0 Å². The van der Waals surface area contributed by atoms with Crippen LogP contribution in [-0.2, 0) is 4.74 Å². The molecule has 1 nitrogen and oxygen atoms in total. The Hall–Kier alpha value is -0.0400. The van der Waals surface area contributed by atoms with E-state index in [1.807, 2.05) is 0 Å². The number of hydrogen-bond donors (Lipinski definition) is 0. The van der Waals surface area contributed by atoms with Crippen LogP contribution in [0.3, 0.4) is 0 Å². The topological polar surface area (TPSA) is 9.23 Å². The van der Waals surface area contributed by atoms with Crippen molar-refractivity contribution in [3.05, 3.63) is 0 Å². The van der Waals surface area contributed by atoms with Gasteiger partial charge in [-0.05, 0) is 55.8 Å². The molecule has 0 aliphatic heterocycles. The Balaban J connectivity index is 1.67. The van der Waals surface area contributed by atoms with Crippen LogP contribution in [0.4, 0.5) is 0 Å². The standard InChI is InChI=1S/C14H26O/c1-14(2,3)12-6-8-13(9-7-12)15-10-11-4-5-11/h11-13H,4-10H2,1-3H3. The molecule has 2 aliphatic rings. The first-order chi connectivity index (χ1) is 7.05. The molecule has 0 N–H and O–H groups in total. The van der Waals surface area contributed by atoms with Gasteiger partial charge in [0.05, 0.1) is 6.10 Å². The zero-order valence-electron chi connectivity index (χ0n) is 10.6. The summed E-state index contributed by atoms with van der Waals surface area (Å²) in [5.74, 6) is 1.84. The molecule has 0 saturated heterocycles. The predicted molar refractivity (Wildman–Crippen MR) is 63.9 cm³/mol. The summed E-state index contributed by atoms with van der Waals surface area (Å²) in [5, 5.41) is 0. The average molecular weight is 210 g/mol. The third-order valence-electron chi connectivity index (χ3n) is 4.16. The van der Waals surface area contributed by atoms with Gasteiger partial charge in [0.25, 0.3) is 0 Å². The smallest absolute Gasteiger partial charge is 0.0575 e. The molecule has 0 atom stereocenters. The predicted octanol–water partition coefficient (Wildman–Crippen LogP) is 4.02. The molecule has 0 aromatic rings. The third-order valence-corrected chi connectivity index (χ3v) is 4.16. The molecule has 2 fully saturated rings. The van der Waals surface area contributed by atoms with Crippen molar-refractivity contribution in [3.63, 3.8) is 0 Å². The SMILES string of the molecule is CC(C)(C)C1CCC(OCC2CC2)CC1. The minimum absolute atomic E-state index is 0.501. The lowest BCUT2D eigenvalue weighted by Gasteiger charge is -2.36. The monoisotopic (exact) mass is 210 g/mol. The normalized spacial score (nSPS) is 33.0. The Kier molecular flexibility index (Phi) is 3.39. The fourth-order valence-corrected chi connectivity index (χ4v) is 2.65. The van der Waals surface area contributed by atoms with Crippen LogP contribution >= 0.6 is 0 Å². The van der Waals surface area contributed by atoms with Crippen molar-refractivity contribution < 1.29 is 4.74 Å². The first-order valence-corrected chi connectivity index (χ1v) is 6.67. The summed E-state index contributed by atoms with van der Waals surface area (Å²) < 4.78 is 5.97. The lowest BCUT2D eigenvalue weighted by atomic mass is 9.72. The Morgan fingerprint density at radius 1 is 0.933 bits per heavy atom. The average Bonchev–Trinajstić information content (AvgIpc) is 2.97. The van der Waals surface area contributed by atoms with Gasteiger partial charge in [-0.3, -0.25) is 0 Å². The van der Waals surface area contributed by atoms with E-state index in [1.165, 1.54) is 38.5 Å². The van der Waals surface area contributed by atoms with Gasteiger partial charge in [0, 0.05) is 6.61 Å². The summed E-state index contributed by atoms with van der Waals surface area (Å²) in [6.45, 7) is 8.18. The number of hydrogen-bond acceptors (Lipinski definition) is 1. The highest BCUT2D eigenvalue weighted by atomic mass is 16.5. The number of ether oxygens (including phenoxy) is 1. The summed E-state index contributed by atoms with van der Waals surface area (Å²) in [6.07, 6.45) is 8.76. The van der Waals surface area contributed by atoms with E-state index in [0.29, 0.717) is 11.5 Å². The lowest BCUT2D eigenvalue weighted by Crippen LogP contribution is -2.29. The van der Waals surface area contributed by atoms with Crippen LogP contribution < -0.4 is 0 Å². The molecule has 88 valence electrons. The maximum absolute atomic E-state index is 5.97. The van der Waals surface area contributed by atoms with Crippen molar-refractivity contribution >= 4 is 0 Å². The molecule has 0 spiro atoms. The molecule has 0 amide bonds. The zero-order valence-corrected chi connectivity index (χ0v) is 10.6. The van der Waals surface area contributed by atoms with E-state index < -0.39 is 0 Å². The van der Waals surface area contributed by atoms with Crippen LogP contribution in [0, 0.1) is 17.3 Å². The van der Waals surface area contributed by atoms with Gasteiger partial charge in [-0.15, -0.1) is 0 Å². The number of rotatable bonds is 3. The summed E-state index contributed by atoms with van der Waals surface area (Å²) in [4.78, 5) is 0. The summed E-state index contributed by atoms with van der Waals surface area (Å²) in [6, 6.07) is 0. The quantitative estimate of drug-likeness (QED) is 0.683. The fraction of sp³-hybridized carbons (Fsp3) is 1.00. The minimum atomic E-state index is 0.501. The highest BCUT2D eigenvalue weighted by molar-refractivity contribution is 4.81. The van der Waals surface area contributed by atoms with E-state index >= 15 is 0 Å². The molecule has 2 saturated carbocycles. The van der Waals surface area contributed by atoms with E-state index in [0.717, 1.165) is 18.4 Å². The van der Waals surface area contributed by atoms with Gasteiger partial charge in [0.2, 0.25) is 0 Å². The maximum Gasteiger partial charge on any atom is 0.0575 e. The van der Waals surface area contributed by atoms with Crippen molar-refractivity contribution in [1.29, 1.82) is 0 Å². The van der Waals surface area contributed by atoms with Crippen molar-refractivity contribution in [2.24, 2.45) is 17.3 Å². The Morgan fingerprint density at radius 3 is 2.00 bits per heavy atom. The summed E-state index contributed by atoms with van der Waals surface area (Å²) in [5.41, 5.74) is 0.501. The molecule has 15 heavy (non-hydrogen) atoms. The fourth-order valence-electron chi connectivity index (χ4n) is 2.65. The molecule has 2 aliphatic carbocycles. The van der Waals surface area contributed by atoms with Crippen LogP contribution in [0.1, 0.15) is 59.3 Å². The zero-order chi connectivity index (χ0) is 10.9. The second-order valence-corrected chi connectivity index (χ2v) is 6.62. The molecule has 2 rings (SSSR count). The third kappa shape index (κ3) is 3.48. The van der Waals surface area contributed by atoms with Crippen LogP contribution in [-0.4, -0.2) is 12.7 Å². The van der Waals surface area contributed by atoms with Crippen molar-refractivity contribution in [2.45, 2.75) is 65.4 Å². The van der Waals surface area contributed by atoms with Crippen molar-refractivity contribution in [1.82, 2.24) is 0 Å². The second-order valence-electron chi connectivity index (χ2n) is 6.62. The van der Waals surface area contributed by atoms with Gasteiger partial charge in [-0.1, -0.05) is 20.8 Å². The van der Waals surface area contributed by atoms with E-state index in [4.69, 9.17) is 4.74 Å². The molecule has 0 bridgehead atoms. The molecule has 0 aromatic carbocycles. The van der Waals surface area contributed by atoms with Crippen LogP contribution in [0.15, 0.2) is 0 Å². The first kappa shape index (κ1) is 11.4.